The first-order chi connectivity index (χ1) is 9.76. The van der Waals surface area contributed by atoms with Crippen LogP contribution >= 0.6 is 22.6 Å². The van der Waals surface area contributed by atoms with Gasteiger partial charge in [0.2, 0.25) is 0 Å². The topological polar surface area (TPSA) is 47.0 Å². The van der Waals surface area contributed by atoms with Gasteiger partial charge in [0.15, 0.2) is 0 Å². The van der Waals surface area contributed by atoms with E-state index in [2.05, 4.69) is 27.9 Å². The van der Waals surface area contributed by atoms with Crippen LogP contribution in [0.15, 0.2) is 0 Å². The molecule has 1 fully saturated rings. The van der Waals surface area contributed by atoms with E-state index in [0.717, 1.165) is 20.9 Å². The molecule has 5 heteroatoms. The second-order valence-corrected chi connectivity index (χ2v) is 6.49. The van der Waals surface area contributed by atoms with Gasteiger partial charge in [-0.2, -0.15) is 0 Å². The third-order valence-corrected chi connectivity index (χ3v) is 5.06. The van der Waals surface area contributed by atoms with Crippen molar-refractivity contribution in [3.05, 3.63) is 15.1 Å². The molecular weight excluding hydrogens is 365 g/mol. The van der Waals surface area contributed by atoms with Crippen molar-refractivity contribution in [2.24, 2.45) is 0 Å². The Bertz CT molecular complexity index is 431. The maximum atomic E-state index is 5.27. The number of nitrogens with one attached hydrogen (secondary N) is 1. The number of methoxy groups -OCH3 is 1. The van der Waals surface area contributed by atoms with E-state index in [-0.39, 0.29) is 0 Å². The van der Waals surface area contributed by atoms with Crippen LogP contribution in [0.1, 0.15) is 62.4 Å². The van der Waals surface area contributed by atoms with Gasteiger partial charge in [0.25, 0.3) is 0 Å². The smallest absolute Gasteiger partial charge is 0.143 e. The molecule has 0 bridgehead atoms. The van der Waals surface area contributed by atoms with Gasteiger partial charge in [0, 0.05) is 20.1 Å². The first-order valence-corrected chi connectivity index (χ1v) is 8.57. The van der Waals surface area contributed by atoms with Crippen LogP contribution in [-0.2, 0) is 11.3 Å². The van der Waals surface area contributed by atoms with E-state index in [9.17, 15) is 0 Å². The molecule has 1 aliphatic carbocycles. The minimum atomic E-state index is 0.509. The lowest BCUT2D eigenvalue weighted by atomic mass is 9.90. The molecule has 1 aromatic heterocycles. The summed E-state index contributed by atoms with van der Waals surface area (Å²) in [5.41, 5.74) is 1.00. The summed E-state index contributed by atoms with van der Waals surface area (Å²) in [5, 5.41) is 3.19. The average molecular weight is 389 g/mol. The lowest BCUT2D eigenvalue weighted by Crippen LogP contribution is -2.13. The Labute approximate surface area is 135 Å². The van der Waals surface area contributed by atoms with Crippen LogP contribution in [0.4, 0.5) is 5.82 Å². The van der Waals surface area contributed by atoms with Crippen molar-refractivity contribution in [2.45, 2.75) is 57.5 Å². The van der Waals surface area contributed by atoms with E-state index in [1.165, 1.54) is 44.9 Å². The lowest BCUT2D eigenvalue weighted by Gasteiger charge is -2.20. The molecule has 0 unspecified atom stereocenters. The third kappa shape index (κ3) is 4.04. The Morgan fingerprint density at radius 1 is 1.15 bits per heavy atom. The highest BCUT2D eigenvalue weighted by Gasteiger charge is 2.19. The molecular formula is C15H24IN3O. The van der Waals surface area contributed by atoms with Gasteiger partial charge >= 0.3 is 0 Å². The SMILES string of the molecule is CNc1nc(C2CCCCCCC2)nc(COC)c1I. The minimum absolute atomic E-state index is 0.509. The number of anilines is 1. The summed E-state index contributed by atoms with van der Waals surface area (Å²) >= 11 is 2.30. The standard InChI is InChI=1S/C15H24IN3O/c1-17-15-13(16)12(10-20-2)18-14(19-15)11-8-6-4-3-5-7-9-11/h11H,3-10H2,1-2H3,(H,17,18,19). The Morgan fingerprint density at radius 3 is 2.40 bits per heavy atom. The van der Waals surface area contributed by atoms with Crippen LogP contribution in [0.25, 0.3) is 0 Å². The molecule has 1 N–H and O–H groups in total. The zero-order chi connectivity index (χ0) is 14.4. The Morgan fingerprint density at radius 2 is 1.80 bits per heavy atom. The van der Waals surface area contributed by atoms with E-state index < -0.39 is 0 Å². The molecule has 0 aromatic carbocycles. The van der Waals surface area contributed by atoms with E-state index in [4.69, 9.17) is 14.7 Å². The molecule has 1 saturated carbocycles. The zero-order valence-electron chi connectivity index (χ0n) is 12.4. The van der Waals surface area contributed by atoms with Crippen molar-refractivity contribution in [2.75, 3.05) is 19.5 Å². The summed E-state index contributed by atoms with van der Waals surface area (Å²) in [4.78, 5) is 9.53. The summed E-state index contributed by atoms with van der Waals surface area (Å²) in [6, 6.07) is 0. The zero-order valence-corrected chi connectivity index (χ0v) is 14.6. The summed E-state index contributed by atoms with van der Waals surface area (Å²) in [7, 11) is 3.63. The maximum Gasteiger partial charge on any atom is 0.143 e. The van der Waals surface area contributed by atoms with Crippen molar-refractivity contribution in [1.29, 1.82) is 0 Å². The Kier molecular flexibility index (Phi) is 6.48. The molecule has 0 amide bonds. The molecule has 0 atom stereocenters. The summed E-state index contributed by atoms with van der Waals surface area (Å²) in [5.74, 6) is 2.45. The van der Waals surface area contributed by atoms with Gasteiger partial charge in [0.1, 0.15) is 11.6 Å². The summed E-state index contributed by atoms with van der Waals surface area (Å²) in [6.07, 6.45) is 9.13. The van der Waals surface area contributed by atoms with Crippen molar-refractivity contribution in [3.8, 4) is 0 Å². The number of hydrogen-bond acceptors (Lipinski definition) is 4. The molecule has 4 nitrogen and oxygen atoms in total. The molecule has 2 rings (SSSR count). The normalized spacial score (nSPS) is 17.6. The molecule has 0 saturated heterocycles. The predicted octanol–water partition coefficient (Wildman–Crippen LogP) is 4.10. The van der Waals surface area contributed by atoms with Gasteiger partial charge in [-0.3, -0.25) is 0 Å². The monoisotopic (exact) mass is 389 g/mol. The molecule has 112 valence electrons. The molecule has 1 aromatic rings. The first-order valence-electron chi connectivity index (χ1n) is 7.49. The number of halogens is 1. The number of rotatable bonds is 4. The Balaban J connectivity index is 2.26. The van der Waals surface area contributed by atoms with Gasteiger partial charge in [-0.05, 0) is 35.4 Å². The molecule has 0 aliphatic heterocycles. The van der Waals surface area contributed by atoms with Crippen LogP contribution < -0.4 is 5.32 Å². The van der Waals surface area contributed by atoms with Gasteiger partial charge in [-0.1, -0.05) is 32.1 Å². The molecule has 0 radical (unpaired) electrons. The summed E-state index contributed by atoms with van der Waals surface area (Å²) in [6.45, 7) is 0.551. The van der Waals surface area contributed by atoms with Crippen molar-refractivity contribution >= 4 is 28.4 Å². The fourth-order valence-corrected chi connectivity index (χ4v) is 3.47. The van der Waals surface area contributed by atoms with Gasteiger partial charge in [0.05, 0.1) is 15.9 Å². The second kappa shape index (κ2) is 8.12. The Hall–Kier alpha value is -0.430. The van der Waals surface area contributed by atoms with Crippen molar-refractivity contribution in [3.63, 3.8) is 0 Å². The van der Waals surface area contributed by atoms with Crippen LogP contribution in [0, 0.1) is 3.57 Å². The molecule has 20 heavy (non-hydrogen) atoms. The highest BCUT2D eigenvalue weighted by Crippen LogP contribution is 2.31. The van der Waals surface area contributed by atoms with Gasteiger partial charge in [-0.15, -0.1) is 0 Å². The van der Waals surface area contributed by atoms with Crippen molar-refractivity contribution < 1.29 is 4.74 Å². The van der Waals surface area contributed by atoms with Crippen LogP contribution in [0.2, 0.25) is 0 Å². The predicted molar refractivity (Wildman–Crippen MR) is 90.1 cm³/mol. The van der Waals surface area contributed by atoms with E-state index >= 15 is 0 Å². The maximum absolute atomic E-state index is 5.27. The highest BCUT2D eigenvalue weighted by molar-refractivity contribution is 14.1. The second-order valence-electron chi connectivity index (χ2n) is 5.42. The minimum Gasteiger partial charge on any atom is -0.378 e. The molecule has 1 heterocycles. The highest BCUT2D eigenvalue weighted by atomic mass is 127. The van der Waals surface area contributed by atoms with Gasteiger partial charge < -0.3 is 10.1 Å². The lowest BCUT2D eigenvalue weighted by molar-refractivity contribution is 0.180. The summed E-state index contributed by atoms with van der Waals surface area (Å²) < 4.78 is 6.34. The van der Waals surface area contributed by atoms with Gasteiger partial charge in [-0.25, -0.2) is 9.97 Å². The fourth-order valence-electron chi connectivity index (χ4n) is 2.81. The van der Waals surface area contributed by atoms with E-state index in [1.54, 1.807) is 7.11 Å². The number of hydrogen-bond donors (Lipinski definition) is 1. The largest absolute Gasteiger partial charge is 0.378 e. The number of nitrogens with zero attached hydrogens (tertiary/aromatic N) is 2. The number of aromatic nitrogens is 2. The van der Waals surface area contributed by atoms with Crippen LogP contribution in [0.5, 0.6) is 0 Å². The van der Waals surface area contributed by atoms with E-state index in [0.29, 0.717) is 12.5 Å². The van der Waals surface area contributed by atoms with E-state index in [1.807, 2.05) is 7.05 Å². The quantitative estimate of drug-likeness (QED) is 0.788. The molecule has 0 spiro atoms. The molecule has 1 aliphatic rings. The first kappa shape index (κ1) is 15.9. The number of ether oxygens (including phenoxy) is 1. The third-order valence-electron chi connectivity index (χ3n) is 3.93. The van der Waals surface area contributed by atoms with Crippen molar-refractivity contribution in [1.82, 2.24) is 9.97 Å². The fraction of sp³-hybridized carbons (Fsp3) is 0.733. The average Bonchev–Trinajstić information content (AvgIpc) is 2.41. The van der Waals surface area contributed by atoms with Crippen LogP contribution in [0.3, 0.4) is 0 Å². The van der Waals surface area contributed by atoms with Crippen LogP contribution in [-0.4, -0.2) is 24.1 Å².